The molecule has 0 atom stereocenters. The predicted molar refractivity (Wildman–Crippen MR) is 111 cm³/mol. The van der Waals surface area contributed by atoms with Crippen LogP contribution in [0.3, 0.4) is 0 Å². The van der Waals surface area contributed by atoms with Crippen molar-refractivity contribution in [3.63, 3.8) is 0 Å². The summed E-state index contributed by atoms with van der Waals surface area (Å²) in [6.07, 6.45) is 2.06. The van der Waals surface area contributed by atoms with Crippen LogP contribution in [0.15, 0.2) is 53.4 Å². The number of aromatic nitrogens is 2. The van der Waals surface area contributed by atoms with Gasteiger partial charge in [0.2, 0.25) is 0 Å². The van der Waals surface area contributed by atoms with Gasteiger partial charge in [0.15, 0.2) is 0 Å². The number of fused-ring (bicyclic) bond motifs is 7. The lowest BCUT2D eigenvalue weighted by Gasteiger charge is -2.09. The van der Waals surface area contributed by atoms with Crippen molar-refractivity contribution in [3.8, 4) is 6.07 Å². The van der Waals surface area contributed by atoms with Crippen LogP contribution < -0.4 is 0 Å². The van der Waals surface area contributed by atoms with Gasteiger partial charge in [0, 0.05) is 51.6 Å². The van der Waals surface area contributed by atoms with E-state index in [9.17, 15) is 5.26 Å². The van der Waals surface area contributed by atoms with Gasteiger partial charge in [-0.15, -0.1) is 11.8 Å². The summed E-state index contributed by atoms with van der Waals surface area (Å²) in [5.41, 5.74) is 5.47. The molecule has 3 nitrogen and oxygen atoms in total. The van der Waals surface area contributed by atoms with Gasteiger partial charge in [-0.3, -0.25) is 0 Å². The van der Waals surface area contributed by atoms with Crippen LogP contribution in [0.4, 0.5) is 0 Å². The standard InChI is InChI=1S/C22H17N3S/c1-24-16-10-6-4-8-13(16)18-15(12-23)22(26-3)19-14-9-5-7-11-17(14)25(2)21(19)20(18)24/h4-11H,1-3H3. The first-order chi connectivity index (χ1) is 12.7. The lowest BCUT2D eigenvalue weighted by Crippen LogP contribution is -1.95. The van der Waals surface area contributed by atoms with Gasteiger partial charge >= 0.3 is 0 Å². The maximum absolute atomic E-state index is 10.1. The monoisotopic (exact) mass is 355 g/mol. The fourth-order valence-electron chi connectivity index (χ4n) is 4.37. The highest BCUT2D eigenvalue weighted by Gasteiger charge is 2.24. The minimum Gasteiger partial charge on any atom is -0.342 e. The number of hydrogen-bond acceptors (Lipinski definition) is 2. The Kier molecular flexibility index (Phi) is 3.13. The van der Waals surface area contributed by atoms with E-state index in [4.69, 9.17) is 0 Å². The van der Waals surface area contributed by atoms with E-state index >= 15 is 0 Å². The average molecular weight is 355 g/mol. The number of benzene rings is 3. The topological polar surface area (TPSA) is 33.6 Å². The van der Waals surface area contributed by atoms with Crippen molar-refractivity contribution in [1.29, 1.82) is 5.26 Å². The Bertz CT molecular complexity index is 1400. The van der Waals surface area contributed by atoms with Crippen molar-refractivity contribution >= 4 is 55.4 Å². The highest BCUT2D eigenvalue weighted by molar-refractivity contribution is 7.99. The third-order valence-corrected chi connectivity index (χ3v) is 6.27. The molecule has 2 aromatic heterocycles. The summed E-state index contributed by atoms with van der Waals surface area (Å²) >= 11 is 1.67. The van der Waals surface area contributed by atoms with Crippen molar-refractivity contribution in [2.75, 3.05) is 6.26 Å². The van der Waals surface area contributed by atoms with Crippen LogP contribution in [0.5, 0.6) is 0 Å². The Morgan fingerprint density at radius 2 is 1.31 bits per heavy atom. The summed E-state index contributed by atoms with van der Waals surface area (Å²) in [7, 11) is 4.22. The molecule has 0 aliphatic rings. The Morgan fingerprint density at radius 3 is 1.85 bits per heavy atom. The molecule has 2 heterocycles. The van der Waals surface area contributed by atoms with Gasteiger partial charge < -0.3 is 9.13 Å². The minimum absolute atomic E-state index is 0.785. The van der Waals surface area contributed by atoms with Crippen molar-refractivity contribution in [2.45, 2.75) is 4.90 Å². The Balaban J connectivity index is 2.27. The van der Waals surface area contributed by atoms with E-state index in [1.165, 1.54) is 21.8 Å². The highest BCUT2D eigenvalue weighted by Crippen LogP contribution is 2.45. The number of hydrogen-bond donors (Lipinski definition) is 0. The van der Waals surface area contributed by atoms with Crippen LogP contribution in [-0.4, -0.2) is 15.4 Å². The molecule has 5 rings (SSSR count). The first kappa shape index (κ1) is 15.4. The zero-order valence-corrected chi connectivity index (χ0v) is 15.7. The zero-order chi connectivity index (χ0) is 18.0. The maximum Gasteiger partial charge on any atom is 0.101 e. The van der Waals surface area contributed by atoms with Gasteiger partial charge in [-0.2, -0.15) is 5.26 Å². The van der Waals surface area contributed by atoms with Gasteiger partial charge in [0.25, 0.3) is 0 Å². The first-order valence-corrected chi connectivity index (χ1v) is 9.75. The van der Waals surface area contributed by atoms with Crippen LogP contribution in [0, 0.1) is 11.3 Å². The third-order valence-electron chi connectivity index (χ3n) is 5.46. The van der Waals surface area contributed by atoms with Crippen LogP contribution in [0.2, 0.25) is 0 Å². The van der Waals surface area contributed by atoms with Crippen LogP contribution in [0.1, 0.15) is 5.56 Å². The minimum atomic E-state index is 0.785. The molecule has 5 aromatic rings. The van der Waals surface area contributed by atoms with Gasteiger partial charge in [0.05, 0.1) is 16.6 Å². The summed E-state index contributed by atoms with van der Waals surface area (Å²) in [5, 5.41) is 14.7. The first-order valence-electron chi connectivity index (χ1n) is 8.53. The van der Waals surface area contributed by atoms with E-state index in [0.29, 0.717) is 0 Å². The second-order valence-electron chi connectivity index (χ2n) is 6.62. The fourth-order valence-corrected chi connectivity index (χ4v) is 5.14. The van der Waals surface area contributed by atoms with E-state index in [-0.39, 0.29) is 0 Å². The van der Waals surface area contributed by atoms with Crippen LogP contribution in [0.25, 0.3) is 43.6 Å². The van der Waals surface area contributed by atoms with Gasteiger partial charge in [-0.05, 0) is 18.4 Å². The molecule has 0 saturated carbocycles. The molecule has 0 fully saturated rings. The van der Waals surface area contributed by atoms with Crippen LogP contribution in [-0.2, 0) is 14.1 Å². The molecule has 26 heavy (non-hydrogen) atoms. The SMILES string of the molecule is CSc1c(C#N)c2c3ccccc3n(C)c2c2c1c1ccccc1n2C. The summed E-state index contributed by atoms with van der Waals surface area (Å²) in [5.74, 6) is 0. The lowest BCUT2D eigenvalue weighted by atomic mass is 10.0. The van der Waals surface area contributed by atoms with E-state index in [2.05, 4.69) is 78.0 Å². The summed E-state index contributed by atoms with van der Waals surface area (Å²) in [6.45, 7) is 0. The van der Waals surface area contributed by atoms with E-state index < -0.39 is 0 Å². The number of aryl methyl sites for hydroxylation is 2. The van der Waals surface area contributed by atoms with E-state index in [0.717, 1.165) is 32.3 Å². The molecule has 4 heteroatoms. The molecule has 0 radical (unpaired) electrons. The Hall–Kier alpha value is -2.90. The number of thioether (sulfide) groups is 1. The summed E-state index contributed by atoms with van der Waals surface area (Å²) < 4.78 is 4.50. The molecule has 0 amide bonds. The summed E-state index contributed by atoms with van der Waals surface area (Å²) in [6, 6.07) is 19.3. The molecule has 0 spiro atoms. The normalized spacial score (nSPS) is 11.8. The molecule has 0 bridgehead atoms. The maximum atomic E-state index is 10.1. The predicted octanol–water partition coefficient (Wildman–Crippen LogP) is 5.57. The van der Waals surface area contributed by atoms with Crippen molar-refractivity contribution in [2.24, 2.45) is 14.1 Å². The largest absolute Gasteiger partial charge is 0.342 e. The molecule has 126 valence electrons. The smallest absolute Gasteiger partial charge is 0.101 e. The molecule has 0 saturated heterocycles. The molecular weight excluding hydrogens is 338 g/mol. The number of nitriles is 1. The molecule has 0 unspecified atom stereocenters. The van der Waals surface area contributed by atoms with Crippen molar-refractivity contribution in [3.05, 3.63) is 54.1 Å². The van der Waals surface area contributed by atoms with Gasteiger partial charge in [-0.25, -0.2) is 0 Å². The third kappa shape index (κ3) is 1.69. The Labute approximate surface area is 155 Å². The lowest BCUT2D eigenvalue weighted by molar-refractivity contribution is 0.985. The van der Waals surface area contributed by atoms with E-state index in [1.54, 1.807) is 11.8 Å². The number of nitrogens with zero attached hydrogens (tertiary/aromatic N) is 3. The summed E-state index contributed by atoms with van der Waals surface area (Å²) in [4.78, 5) is 1.07. The van der Waals surface area contributed by atoms with Crippen molar-refractivity contribution in [1.82, 2.24) is 9.13 Å². The zero-order valence-electron chi connectivity index (χ0n) is 14.9. The molecule has 0 N–H and O–H groups in total. The number of para-hydroxylation sites is 2. The quantitative estimate of drug-likeness (QED) is 0.368. The molecular formula is C22H17N3S. The van der Waals surface area contributed by atoms with Gasteiger partial charge in [0.1, 0.15) is 6.07 Å². The fraction of sp³-hybridized carbons (Fsp3) is 0.136. The van der Waals surface area contributed by atoms with Crippen LogP contribution >= 0.6 is 11.8 Å². The highest BCUT2D eigenvalue weighted by atomic mass is 32.2. The number of rotatable bonds is 1. The average Bonchev–Trinajstić information content (AvgIpc) is 3.14. The Morgan fingerprint density at radius 1 is 0.808 bits per heavy atom. The second kappa shape index (κ2) is 5.30. The van der Waals surface area contributed by atoms with Gasteiger partial charge in [-0.1, -0.05) is 36.4 Å². The molecule has 0 aliphatic heterocycles. The van der Waals surface area contributed by atoms with E-state index in [1.807, 2.05) is 6.07 Å². The molecule has 3 aromatic carbocycles. The van der Waals surface area contributed by atoms with Crippen molar-refractivity contribution < 1.29 is 0 Å². The second-order valence-corrected chi connectivity index (χ2v) is 7.44. The molecule has 0 aliphatic carbocycles.